The van der Waals surface area contributed by atoms with Gasteiger partial charge in [0.15, 0.2) is 0 Å². The van der Waals surface area contributed by atoms with E-state index in [0.717, 1.165) is 5.69 Å². The van der Waals surface area contributed by atoms with Gasteiger partial charge in [-0.25, -0.2) is 9.97 Å². The molecule has 0 saturated carbocycles. The van der Waals surface area contributed by atoms with Crippen LogP contribution in [0.4, 0.5) is 0 Å². The van der Waals surface area contributed by atoms with E-state index in [4.69, 9.17) is 0 Å². The zero-order valence-electron chi connectivity index (χ0n) is 8.29. The highest BCUT2D eigenvalue weighted by molar-refractivity contribution is 5.79. The molecular formula is C11H8N4O. The Balaban J connectivity index is 2.31. The molecule has 0 aliphatic rings. The number of imidazole rings is 1. The summed E-state index contributed by atoms with van der Waals surface area (Å²) >= 11 is 0. The number of benzene rings is 1. The van der Waals surface area contributed by atoms with Gasteiger partial charge in [-0.05, 0) is 18.2 Å². The van der Waals surface area contributed by atoms with Crippen molar-refractivity contribution in [2.45, 2.75) is 0 Å². The van der Waals surface area contributed by atoms with Crippen LogP contribution in [0.15, 0.2) is 48.0 Å². The molecule has 0 spiro atoms. The first-order valence-corrected chi connectivity index (χ1v) is 4.80. The van der Waals surface area contributed by atoms with Crippen LogP contribution < -0.4 is 5.56 Å². The van der Waals surface area contributed by atoms with Crippen molar-refractivity contribution in [2.75, 3.05) is 0 Å². The van der Waals surface area contributed by atoms with Crippen LogP contribution in [0.25, 0.3) is 16.6 Å². The number of aromatic nitrogens is 4. The Morgan fingerprint density at radius 1 is 1.31 bits per heavy atom. The third-order valence-corrected chi connectivity index (χ3v) is 2.43. The molecule has 3 rings (SSSR count). The fourth-order valence-corrected chi connectivity index (χ4v) is 1.63. The van der Waals surface area contributed by atoms with Gasteiger partial charge >= 0.3 is 0 Å². The average molecular weight is 212 g/mol. The molecule has 0 saturated heterocycles. The van der Waals surface area contributed by atoms with Crippen LogP contribution in [-0.2, 0) is 0 Å². The van der Waals surface area contributed by atoms with Gasteiger partial charge in [0.2, 0.25) is 0 Å². The zero-order chi connectivity index (χ0) is 11.0. The lowest BCUT2D eigenvalue weighted by molar-refractivity contribution is 1.06. The monoisotopic (exact) mass is 212 g/mol. The van der Waals surface area contributed by atoms with Crippen molar-refractivity contribution in [1.82, 2.24) is 19.5 Å². The molecule has 1 aromatic carbocycles. The van der Waals surface area contributed by atoms with Crippen molar-refractivity contribution in [3.05, 3.63) is 53.6 Å². The number of nitrogens with one attached hydrogen (secondary N) is 1. The zero-order valence-corrected chi connectivity index (χ0v) is 8.29. The number of rotatable bonds is 1. The maximum Gasteiger partial charge on any atom is 0.258 e. The summed E-state index contributed by atoms with van der Waals surface area (Å²) in [6, 6.07) is 5.51. The summed E-state index contributed by atoms with van der Waals surface area (Å²) in [6.45, 7) is 0. The highest BCUT2D eigenvalue weighted by Crippen LogP contribution is 2.12. The van der Waals surface area contributed by atoms with Gasteiger partial charge in [0.1, 0.15) is 0 Å². The Labute approximate surface area is 90.4 Å². The highest BCUT2D eigenvalue weighted by Gasteiger charge is 2.01. The standard InChI is InChI=1S/C11H8N4O/c16-11-9-5-8(15-4-3-12-7-15)1-2-10(9)13-6-14-11/h1-7H,(H,13,14,16). The molecule has 0 amide bonds. The van der Waals surface area contributed by atoms with Crippen LogP contribution in [0, 0.1) is 0 Å². The van der Waals surface area contributed by atoms with Crippen LogP contribution in [-0.4, -0.2) is 19.5 Å². The Morgan fingerprint density at radius 2 is 2.25 bits per heavy atom. The Bertz CT molecular complexity index is 685. The number of fused-ring (bicyclic) bond motifs is 1. The molecule has 0 aliphatic heterocycles. The minimum atomic E-state index is -0.132. The maximum atomic E-state index is 11.6. The smallest absolute Gasteiger partial charge is 0.258 e. The number of aromatic amines is 1. The number of hydrogen-bond acceptors (Lipinski definition) is 3. The Kier molecular flexibility index (Phi) is 1.83. The van der Waals surface area contributed by atoms with Gasteiger partial charge in [-0.3, -0.25) is 4.79 Å². The molecule has 1 N–H and O–H groups in total. The molecule has 16 heavy (non-hydrogen) atoms. The van der Waals surface area contributed by atoms with E-state index in [1.54, 1.807) is 18.6 Å². The first kappa shape index (κ1) is 8.84. The molecule has 5 nitrogen and oxygen atoms in total. The number of H-pyrrole nitrogens is 1. The highest BCUT2D eigenvalue weighted by atomic mass is 16.1. The van der Waals surface area contributed by atoms with E-state index in [0.29, 0.717) is 10.9 Å². The van der Waals surface area contributed by atoms with E-state index >= 15 is 0 Å². The summed E-state index contributed by atoms with van der Waals surface area (Å²) in [4.78, 5) is 22.2. The van der Waals surface area contributed by atoms with Crippen LogP contribution >= 0.6 is 0 Å². The SMILES string of the molecule is O=c1[nH]cnc2ccc(-n3ccnc3)cc12. The van der Waals surface area contributed by atoms with E-state index in [2.05, 4.69) is 15.0 Å². The summed E-state index contributed by atoms with van der Waals surface area (Å²) in [6.07, 6.45) is 6.61. The molecule has 2 heterocycles. The predicted octanol–water partition coefficient (Wildman–Crippen LogP) is 1.11. The molecule has 5 heteroatoms. The van der Waals surface area contributed by atoms with E-state index in [1.807, 2.05) is 22.9 Å². The fraction of sp³-hybridized carbons (Fsp3) is 0. The van der Waals surface area contributed by atoms with Crippen molar-refractivity contribution in [2.24, 2.45) is 0 Å². The summed E-state index contributed by atoms with van der Waals surface area (Å²) in [5.74, 6) is 0. The average Bonchev–Trinajstić information content (AvgIpc) is 2.83. The lowest BCUT2D eigenvalue weighted by Crippen LogP contribution is -2.06. The van der Waals surface area contributed by atoms with Crippen molar-refractivity contribution >= 4 is 10.9 Å². The minimum Gasteiger partial charge on any atom is -0.313 e. The van der Waals surface area contributed by atoms with Crippen LogP contribution in [0.3, 0.4) is 0 Å². The second kappa shape index (κ2) is 3.30. The van der Waals surface area contributed by atoms with Crippen molar-refractivity contribution < 1.29 is 0 Å². The van der Waals surface area contributed by atoms with Crippen molar-refractivity contribution in [3.63, 3.8) is 0 Å². The second-order valence-corrected chi connectivity index (χ2v) is 3.40. The molecule has 3 aromatic rings. The van der Waals surface area contributed by atoms with Crippen LogP contribution in [0.5, 0.6) is 0 Å². The van der Waals surface area contributed by atoms with Gasteiger partial charge in [-0.15, -0.1) is 0 Å². The largest absolute Gasteiger partial charge is 0.313 e. The van der Waals surface area contributed by atoms with E-state index < -0.39 is 0 Å². The summed E-state index contributed by atoms with van der Waals surface area (Å²) in [5.41, 5.74) is 1.45. The lowest BCUT2D eigenvalue weighted by atomic mass is 10.2. The van der Waals surface area contributed by atoms with Crippen LogP contribution in [0.1, 0.15) is 0 Å². The van der Waals surface area contributed by atoms with E-state index in [1.165, 1.54) is 6.33 Å². The molecule has 0 atom stereocenters. The molecule has 0 unspecified atom stereocenters. The maximum absolute atomic E-state index is 11.6. The topological polar surface area (TPSA) is 63.6 Å². The first-order chi connectivity index (χ1) is 7.84. The molecule has 0 radical (unpaired) electrons. The van der Waals surface area contributed by atoms with Gasteiger partial charge < -0.3 is 9.55 Å². The number of hydrogen-bond donors (Lipinski definition) is 1. The van der Waals surface area contributed by atoms with Gasteiger partial charge in [-0.2, -0.15) is 0 Å². The van der Waals surface area contributed by atoms with Gasteiger partial charge in [0.25, 0.3) is 5.56 Å². The molecule has 78 valence electrons. The van der Waals surface area contributed by atoms with Crippen molar-refractivity contribution in [3.8, 4) is 5.69 Å². The Hall–Kier alpha value is -2.43. The predicted molar refractivity (Wildman–Crippen MR) is 59.5 cm³/mol. The number of nitrogens with zero attached hydrogens (tertiary/aromatic N) is 3. The van der Waals surface area contributed by atoms with E-state index in [9.17, 15) is 4.79 Å². The molecule has 0 fully saturated rings. The molecule has 0 bridgehead atoms. The molecular weight excluding hydrogens is 204 g/mol. The molecule has 0 aliphatic carbocycles. The molecule has 2 aromatic heterocycles. The fourth-order valence-electron chi connectivity index (χ4n) is 1.63. The van der Waals surface area contributed by atoms with E-state index in [-0.39, 0.29) is 5.56 Å². The van der Waals surface area contributed by atoms with Gasteiger partial charge in [0, 0.05) is 18.1 Å². The summed E-state index contributed by atoms with van der Waals surface area (Å²) in [7, 11) is 0. The lowest BCUT2D eigenvalue weighted by Gasteiger charge is -2.02. The normalized spacial score (nSPS) is 10.8. The Morgan fingerprint density at radius 3 is 3.06 bits per heavy atom. The minimum absolute atomic E-state index is 0.132. The summed E-state index contributed by atoms with van der Waals surface area (Å²) in [5, 5.41) is 0.578. The quantitative estimate of drug-likeness (QED) is 0.657. The third-order valence-electron chi connectivity index (χ3n) is 2.43. The summed E-state index contributed by atoms with van der Waals surface area (Å²) < 4.78 is 1.84. The van der Waals surface area contributed by atoms with Crippen molar-refractivity contribution in [1.29, 1.82) is 0 Å². The second-order valence-electron chi connectivity index (χ2n) is 3.40. The third kappa shape index (κ3) is 1.30. The van der Waals surface area contributed by atoms with Crippen LogP contribution in [0.2, 0.25) is 0 Å². The van der Waals surface area contributed by atoms with Gasteiger partial charge in [0.05, 0.1) is 23.6 Å². The van der Waals surface area contributed by atoms with Gasteiger partial charge in [-0.1, -0.05) is 0 Å². The first-order valence-electron chi connectivity index (χ1n) is 4.80.